The first-order valence-electron chi connectivity index (χ1n) is 19.8. The number of hydrogen-bond acceptors (Lipinski definition) is 2. The molecule has 0 saturated heterocycles. The van der Waals surface area contributed by atoms with E-state index < -0.39 is 0 Å². The van der Waals surface area contributed by atoms with Crippen LogP contribution < -0.4 is 4.90 Å². The first kappa shape index (κ1) is 34.8. The zero-order valence-corrected chi connectivity index (χ0v) is 31.9. The molecular weight excluding hydrogens is 703 g/mol. The molecule has 2 heteroatoms. The Labute approximate surface area is 338 Å². The smallest absolute Gasteiger partial charge is 0.143 e. The molecule has 0 aliphatic rings. The van der Waals surface area contributed by atoms with Crippen LogP contribution >= 0.6 is 0 Å². The van der Waals surface area contributed by atoms with E-state index in [0.717, 1.165) is 77.8 Å². The summed E-state index contributed by atoms with van der Waals surface area (Å²) in [6.45, 7) is 0. The van der Waals surface area contributed by atoms with Gasteiger partial charge in [-0.1, -0.05) is 200 Å². The zero-order chi connectivity index (χ0) is 38.7. The summed E-state index contributed by atoms with van der Waals surface area (Å²) < 4.78 is 6.88. The third-order valence-electron chi connectivity index (χ3n) is 10.9. The molecule has 0 saturated carbocycles. The van der Waals surface area contributed by atoms with Gasteiger partial charge >= 0.3 is 0 Å². The fourth-order valence-corrected chi connectivity index (χ4v) is 8.01. The average Bonchev–Trinajstić information content (AvgIpc) is 3.69. The van der Waals surface area contributed by atoms with Crippen molar-refractivity contribution in [2.24, 2.45) is 0 Å². The van der Waals surface area contributed by atoms with E-state index in [1.807, 2.05) is 12.1 Å². The van der Waals surface area contributed by atoms with Crippen LogP contribution in [0.1, 0.15) is 16.7 Å². The number of allylic oxidation sites excluding steroid dienone is 4. The Hall–Kier alpha value is -7.68. The molecule has 0 bridgehead atoms. The van der Waals surface area contributed by atoms with Crippen molar-refractivity contribution in [2.45, 2.75) is 0 Å². The predicted molar refractivity (Wildman–Crippen MR) is 248 cm³/mol. The minimum Gasteiger partial charge on any atom is -0.455 e. The summed E-state index contributed by atoms with van der Waals surface area (Å²) in [5.41, 5.74) is 11.7. The van der Waals surface area contributed by atoms with Crippen molar-refractivity contribution >= 4 is 78.3 Å². The summed E-state index contributed by atoms with van der Waals surface area (Å²) in [6.07, 6.45) is 10.8. The van der Waals surface area contributed by atoms with Crippen molar-refractivity contribution in [1.29, 1.82) is 0 Å². The third kappa shape index (κ3) is 6.78. The van der Waals surface area contributed by atoms with E-state index in [-0.39, 0.29) is 0 Å². The molecule has 10 rings (SSSR count). The van der Waals surface area contributed by atoms with E-state index >= 15 is 0 Å². The van der Waals surface area contributed by atoms with Gasteiger partial charge in [-0.25, -0.2) is 0 Å². The highest BCUT2D eigenvalue weighted by Crippen LogP contribution is 2.45. The minimum atomic E-state index is 0.888. The standard InChI is InChI=1S/C56H39NO/c1-3-15-40(16-4-1)19-13-23-42(30-29-41-17-5-2-6-18-41)44-31-35-47(36-32-44)57(48-37-33-43-20-7-8-22-46(43)39-48)54-28-12-11-25-50(54)51-26-14-27-52-53-38-34-45-21-9-10-24-49(45)55(53)58-56(51)52/h1-39H/b19-13+,30-29+,42-23+. The normalized spacial score (nSPS) is 12.1. The van der Waals surface area contributed by atoms with Crippen LogP contribution in [-0.4, -0.2) is 0 Å². The molecule has 274 valence electrons. The maximum atomic E-state index is 6.88. The second kappa shape index (κ2) is 15.5. The summed E-state index contributed by atoms with van der Waals surface area (Å²) in [5.74, 6) is 0. The van der Waals surface area contributed by atoms with Crippen molar-refractivity contribution in [1.82, 2.24) is 0 Å². The van der Waals surface area contributed by atoms with Crippen LogP contribution in [0.5, 0.6) is 0 Å². The summed E-state index contributed by atoms with van der Waals surface area (Å²) in [4.78, 5) is 2.38. The highest BCUT2D eigenvalue weighted by molar-refractivity contribution is 6.17. The molecule has 1 heterocycles. The Morgan fingerprint density at radius 2 is 1.02 bits per heavy atom. The van der Waals surface area contributed by atoms with Gasteiger partial charge in [0.15, 0.2) is 0 Å². The lowest BCUT2D eigenvalue weighted by Gasteiger charge is -2.28. The molecule has 0 amide bonds. The molecule has 0 atom stereocenters. The van der Waals surface area contributed by atoms with E-state index in [0.29, 0.717) is 0 Å². The second-order valence-electron chi connectivity index (χ2n) is 14.5. The third-order valence-corrected chi connectivity index (χ3v) is 10.9. The monoisotopic (exact) mass is 741 g/mol. The van der Waals surface area contributed by atoms with Crippen LogP contribution in [0, 0.1) is 0 Å². The number of para-hydroxylation sites is 2. The van der Waals surface area contributed by atoms with E-state index in [4.69, 9.17) is 4.42 Å². The topological polar surface area (TPSA) is 16.4 Å². The number of furan rings is 1. The molecule has 0 aliphatic carbocycles. The number of anilines is 3. The van der Waals surface area contributed by atoms with Crippen LogP contribution in [0.3, 0.4) is 0 Å². The Balaban J connectivity index is 1.11. The number of benzene rings is 9. The molecule has 58 heavy (non-hydrogen) atoms. The van der Waals surface area contributed by atoms with Crippen molar-refractivity contribution in [2.75, 3.05) is 4.90 Å². The Morgan fingerprint density at radius 1 is 0.414 bits per heavy atom. The van der Waals surface area contributed by atoms with Crippen molar-refractivity contribution < 1.29 is 4.42 Å². The molecule has 0 spiro atoms. The summed E-state index contributed by atoms with van der Waals surface area (Å²) >= 11 is 0. The zero-order valence-electron chi connectivity index (χ0n) is 31.9. The van der Waals surface area contributed by atoms with Crippen molar-refractivity contribution in [3.8, 4) is 11.1 Å². The van der Waals surface area contributed by atoms with Crippen LogP contribution in [0.4, 0.5) is 17.1 Å². The predicted octanol–water partition coefficient (Wildman–Crippen LogP) is 15.8. The Kier molecular flexibility index (Phi) is 9.27. The minimum absolute atomic E-state index is 0.888. The maximum Gasteiger partial charge on any atom is 0.143 e. The highest BCUT2D eigenvalue weighted by Gasteiger charge is 2.21. The van der Waals surface area contributed by atoms with Gasteiger partial charge in [0.25, 0.3) is 0 Å². The van der Waals surface area contributed by atoms with Gasteiger partial charge in [-0.2, -0.15) is 0 Å². The molecular formula is C56H39NO. The lowest BCUT2D eigenvalue weighted by Crippen LogP contribution is -2.11. The second-order valence-corrected chi connectivity index (χ2v) is 14.5. The van der Waals surface area contributed by atoms with Crippen LogP contribution in [0.2, 0.25) is 0 Å². The fraction of sp³-hybridized carbons (Fsp3) is 0. The van der Waals surface area contributed by atoms with E-state index in [1.165, 1.54) is 16.2 Å². The quantitative estimate of drug-likeness (QED) is 0.137. The van der Waals surface area contributed by atoms with Crippen LogP contribution in [0.15, 0.2) is 229 Å². The molecule has 10 aromatic rings. The van der Waals surface area contributed by atoms with Gasteiger partial charge < -0.3 is 9.32 Å². The number of fused-ring (bicyclic) bond motifs is 6. The number of hydrogen-bond donors (Lipinski definition) is 0. The van der Waals surface area contributed by atoms with Crippen LogP contribution in [-0.2, 0) is 0 Å². The van der Waals surface area contributed by atoms with Crippen molar-refractivity contribution in [3.63, 3.8) is 0 Å². The first-order valence-corrected chi connectivity index (χ1v) is 19.8. The van der Waals surface area contributed by atoms with Gasteiger partial charge in [-0.15, -0.1) is 0 Å². The van der Waals surface area contributed by atoms with Gasteiger partial charge in [0, 0.05) is 38.7 Å². The average molecular weight is 742 g/mol. The lowest BCUT2D eigenvalue weighted by atomic mass is 9.98. The summed E-state index contributed by atoms with van der Waals surface area (Å²) in [6, 6.07) is 73.1. The largest absolute Gasteiger partial charge is 0.455 e. The molecule has 0 aliphatic heterocycles. The van der Waals surface area contributed by atoms with E-state index in [2.05, 4.69) is 229 Å². The molecule has 0 radical (unpaired) electrons. The number of rotatable bonds is 9. The van der Waals surface area contributed by atoms with Gasteiger partial charge in [0.05, 0.1) is 5.69 Å². The van der Waals surface area contributed by atoms with Gasteiger partial charge in [-0.3, -0.25) is 0 Å². The summed E-state index contributed by atoms with van der Waals surface area (Å²) in [5, 5.41) is 6.92. The van der Waals surface area contributed by atoms with E-state index in [1.54, 1.807) is 0 Å². The van der Waals surface area contributed by atoms with E-state index in [9.17, 15) is 0 Å². The maximum absolute atomic E-state index is 6.88. The van der Waals surface area contributed by atoms with Gasteiger partial charge in [0.2, 0.25) is 0 Å². The highest BCUT2D eigenvalue weighted by atomic mass is 16.3. The molecule has 0 fully saturated rings. The Morgan fingerprint density at radius 3 is 1.83 bits per heavy atom. The number of nitrogens with zero attached hydrogens (tertiary/aromatic N) is 1. The first-order chi connectivity index (χ1) is 28.8. The van der Waals surface area contributed by atoms with Gasteiger partial charge in [-0.05, 0) is 74.8 Å². The molecule has 2 nitrogen and oxygen atoms in total. The molecule has 0 N–H and O–H groups in total. The SMILES string of the molecule is C(=C\c1ccccc1)/C=C(\C=C\c1ccccc1)c1ccc(N(c2ccc3ccccc3c2)c2ccccc2-c2cccc3c2oc2c4ccccc4ccc32)cc1. The summed E-state index contributed by atoms with van der Waals surface area (Å²) in [7, 11) is 0. The van der Waals surface area contributed by atoms with Crippen LogP contribution in [0.25, 0.3) is 72.3 Å². The lowest BCUT2D eigenvalue weighted by molar-refractivity contribution is 0.674. The Bertz CT molecular complexity index is 3150. The molecule has 9 aromatic carbocycles. The van der Waals surface area contributed by atoms with Crippen molar-refractivity contribution in [3.05, 3.63) is 241 Å². The molecule has 0 unspecified atom stereocenters. The fourth-order valence-electron chi connectivity index (χ4n) is 8.01. The molecule has 1 aromatic heterocycles. The van der Waals surface area contributed by atoms with Gasteiger partial charge in [0.1, 0.15) is 11.2 Å².